The third-order valence-corrected chi connectivity index (χ3v) is 5.22. The van der Waals surface area contributed by atoms with E-state index in [1.54, 1.807) is 37.4 Å². The smallest absolute Gasteiger partial charge is 0.255 e. The van der Waals surface area contributed by atoms with Crippen LogP contribution in [0.15, 0.2) is 77.7 Å². The van der Waals surface area contributed by atoms with Crippen LogP contribution in [-0.2, 0) is 4.79 Å². The molecule has 0 aliphatic carbocycles. The van der Waals surface area contributed by atoms with Crippen molar-refractivity contribution in [3.05, 3.63) is 83.9 Å². The highest BCUT2D eigenvalue weighted by molar-refractivity contribution is 8.00. The van der Waals surface area contributed by atoms with Crippen molar-refractivity contribution in [2.45, 2.75) is 11.8 Å². The van der Waals surface area contributed by atoms with Crippen molar-refractivity contribution in [2.75, 3.05) is 23.5 Å². The average molecular weight is 407 g/mol. The van der Waals surface area contributed by atoms with Crippen LogP contribution in [-0.4, -0.2) is 24.7 Å². The molecule has 0 saturated heterocycles. The van der Waals surface area contributed by atoms with Gasteiger partial charge >= 0.3 is 0 Å². The van der Waals surface area contributed by atoms with Gasteiger partial charge in [-0.2, -0.15) is 0 Å². The van der Waals surface area contributed by atoms with Gasteiger partial charge in [0.15, 0.2) is 0 Å². The predicted octanol–water partition coefficient (Wildman–Crippen LogP) is 4.99. The molecule has 0 aliphatic heterocycles. The fourth-order valence-corrected chi connectivity index (χ4v) is 3.47. The monoisotopic (exact) mass is 406 g/mol. The zero-order valence-electron chi connectivity index (χ0n) is 16.3. The second-order valence-electron chi connectivity index (χ2n) is 6.36. The zero-order chi connectivity index (χ0) is 20.6. The van der Waals surface area contributed by atoms with Gasteiger partial charge in [0.2, 0.25) is 5.91 Å². The molecule has 148 valence electrons. The Labute approximate surface area is 174 Å². The van der Waals surface area contributed by atoms with Crippen molar-refractivity contribution in [2.24, 2.45) is 0 Å². The number of carbonyl (C=O) groups is 2. The number of nitrogens with one attached hydrogen (secondary N) is 2. The quantitative estimate of drug-likeness (QED) is 0.543. The maximum atomic E-state index is 12.5. The van der Waals surface area contributed by atoms with Gasteiger partial charge in [-0.25, -0.2) is 0 Å². The SMILES string of the molecule is COc1ccc(NC(=O)CSc2cccc(NC(=O)c3ccccc3C)c2)cc1. The van der Waals surface area contributed by atoms with Gasteiger partial charge in [-0.15, -0.1) is 11.8 Å². The van der Waals surface area contributed by atoms with Gasteiger partial charge < -0.3 is 15.4 Å². The zero-order valence-corrected chi connectivity index (χ0v) is 17.1. The van der Waals surface area contributed by atoms with Crippen molar-refractivity contribution in [1.29, 1.82) is 0 Å². The fourth-order valence-electron chi connectivity index (χ4n) is 2.71. The Morgan fingerprint density at radius 2 is 1.66 bits per heavy atom. The summed E-state index contributed by atoms with van der Waals surface area (Å²) in [6.45, 7) is 1.91. The average Bonchev–Trinajstić information content (AvgIpc) is 2.73. The molecule has 29 heavy (non-hydrogen) atoms. The Morgan fingerprint density at radius 3 is 2.38 bits per heavy atom. The lowest BCUT2D eigenvalue weighted by atomic mass is 10.1. The highest BCUT2D eigenvalue weighted by Crippen LogP contribution is 2.23. The summed E-state index contributed by atoms with van der Waals surface area (Å²) in [5, 5.41) is 5.77. The standard InChI is InChI=1S/C23H22N2O3S/c1-16-6-3-4-9-21(16)23(27)25-18-7-5-8-20(14-18)29-15-22(26)24-17-10-12-19(28-2)13-11-17/h3-14H,15H2,1-2H3,(H,24,26)(H,25,27). The number of methoxy groups -OCH3 is 1. The Bertz CT molecular complexity index is 1000. The summed E-state index contributed by atoms with van der Waals surface area (Å²) in [7, 11) is 1.60. The predicted molar refractivity (Wildman–Crippen MR) is 118 cm³/mol. The van der Waals surface area contributed by atoms with E-state index in [0.717, 1.165) is 21.9 Å². The van der Waals surface area contributed by atoms with E-state index < -0.39 is 0 Å². The van der Waals surface area contributed by atoms with Gasteiger partial charge in [-0.3, -0.25) is 9.59 Å². The van der Waals surface area contributed by atoms with Gasteiger partial charge in [0.05, 0.1) is 12.9 Å². The number of benzene rings is 3. The van der Waals surface area contributed by atoms with E-state index in [0.29, 0.717) is 11.3 Å². The molecule has 0 aliphatic rings. The first-order chi connectivity index (χ1) is 14.0. The van der Waals surface area contributed by atoms with Crippen LogP contribution in [0, 0.1) is 6.92 Å². The fraction of sp³-hybridized carbons (Fsp3) is 0.130. The van der Waals surface area contributed by atoms with Crippen LogP contribution in [0.25, 0.3) is 0 Å². The highest BCUT2D eigenvalue weighted by atomic mass is 32.2. The Hall–Kier alpha value is -3.25. The molecule has 6 heteroatoms. The third kappa shape index (κ3) is 5.86. The number of anilines is 2. The second kappa shape index (κ2) is 9.80. The summed E-state index contributed by atoms with van der Waals surface area (Å²) in [4.78, 5) is 25.6. The minimum atomic E-state index is -0.150. The number of hydrogen-bond acceptors (Lipinski definition) is 4. The van der Waals surface area contributed by atoms with E-state index in [-0.39, 0.29) is 17.6 Å². The number of amides is 2. The van der Waals surface area contributed by atoms with Gasteiger partial charge in [0.1, 0.15) is 5.75 Å². The summed E-state index contributed by atoms with van der Waals surface area (Å²) >= 11 is 1.41. The van der Waals surface area contributed by atoms with Gasteiger partial charge in [0, 0.05) is 21.8 Å². The molecule has 0 radical (unpaired) electrons. The largest absolute Gasteiger partial charge is 0.497 e. The molecule has 2 amide bonds. The number of aryl methyl sites for hydroxylation is 1. The number of carbonyl (C=O) groups excluding carboxylic acids is 2. The molecule has 0 atom stereocenters. The molecule has 2 N–H and O–H groups in total. The molecular weight excluding hydrogens is 384 g/mol. The van der Waals surface area contributed by atoms with Crippen LogP contribution in [0.2, 0.25) is 0 Å². The summed E-state index contributed by atoms with van der Waals surface area (Å²) in [5.41, 5.74) is 2.98. The molecule has 0 heterocycles. The van der Waals surface area contributed by atoms with Gasteiger partial charge in [-0.1, -0.05) is 24.3 Å². The number of rotatable bonds is 7. The number of ether oxygens (including phenoxy) is 1. The summed E-state index contributed by atoms with van der Waals surface area (Å²) in [5.74, 6) is 0.750. The molecule has 5 nitrogen and oxygen atoms in total. The van der Waals surface area contributed by atoms with Crippen LogP contribution >= 0.6 is 11.8 Å². The van der Waals surface area contributed by atoms with Crippen LogP contribution in [0.3, 0.4) is 0 Å². The Morgan fingerprint density at radius 1 is 0.897 bits per heavy atom. The summed E-state index contributed by atoms with van der Waals surface area (Å²) in [6, 6.07) is 22.1. The lowest BCUT2D eigenvalue weighted by Crippen LogP contribution is -2.14. The van der Waals surface area contributed by atoms with E-state index in [9.17, 15) is 9.59 Å². The number of hydrogen-bond donors (Lipinski definition) is 2. The topological polar surface area (TPSA) is 67.4 Å². The third-order valence-electron chi connectivity index (χ3n) is 4.23. The molecule has 0 saturated carbocycles. The van der Waals surface area contributed by atoms with Crippen molar-refractivity contribution < 1.29 is 14.3 Å². The highest BCUT2D eigenvalue weighted by Gasteiger charge is 2.09. The van der Waals surface area contributed by atoms with Crippen molar-refractivity contribution in [3.63, 3.8) is 0 Å². The van der Waals surface area contributed by atoms with E-state index >= 15 is 0 Å². The molecule has 0 spiro atoms. The van der Waals surface area contributed by atoms with Gasteiger partial charge in [-0.05, 0) is 61.0 Å². The van der Waals surface area contributed by atoms with Gasteiger partial charge in [0.25, 0.3) is 5.91 Å². The van der Waals surface area contributed by atoms with Crippen LogP contribution in [0.1, 0.15) is 15.9 Å². The van der Waals surface area contributed by atoms with E-state index in [1.807, 2.05) is 49.4 Å². The number of thioether (sulfide) groups is 1. The van der Waals surface area contributed by atoms with E-state index in [4.69, 9.17) is 4.74 Å². The molecule has 0 bridgehead atoms. The van der Waals surface area contributed by atoms with Crippen LogP contribution < -0.4 is 15.4 Å². The lowest BCUT2D eigenvalue weighted by molar-refractivity contribution is -0.113. The molecule has 0 aromatic heterocycles. The Kier molecular flexibility index (Phi) is 6.92. The molecule has 0 unspecified atom stereocenters. The molecular formula is C23H22N2O3S. The minimum Gasteiger partial charge on any atom is -0.497 e. The first-order valence-corrected chi connectivity index (χ1v) is 10.1. The molecule has 3 rings (SSSR count). The van der Waals surface area contributed by atoms with Crippen molar-refractivity contribution >= 4 is 35.0 Å². The maximum Gasteiger partial charge on any atom is 0.255 e. The van der Waals surface area contributed by atoms with Crippen molar-refractivity contribution in [3.8, 4) is 5.75 Å². The summed E-state index contributed by atoms with van der Waals surface area (Å²) < 4.78 is 5.11. The second-order valence-corrected chi connectivity index (χ2v) is 7.41. The van der Waals surface area contributed by atoms with Crippen LogP contribution in [0.5, 0.6) is 5.75 Å². The first kappa shape index (κ1) is 20.5. The molecule has 3 aromatic rings. The van der Waals surface area contributed by atoms with E-state index in [1.165, 1.54) is 11.8 Å². The Balaban J connectivity index is 1.56. The summed E-state index contributed by atoms with van der Waals surface area (Å²) in [6.07, 6.45) is 0. The van der Waals surface area contributed by atoms with E-state index in [2.05, 4.69) is 10.6 Å². The molecule has 3 aromatic carbocycles. The first-order valence-electron chi connectivity index (χ1n) is 9.09. The maximum absolute atomic E-state index is 12.5. The van der Waals surface area contributed by atoms with Crippen molar-refractivity contribution in [1.82, 2.24) is 0 Å². The normalized spacial score (nSPS) is 10.3. The lowest BCUT2D eigenvalue weighted by Gasteiger charge is -2.09. The minimum absolute atomic E-state index is 0.102. The molecule has 0 fully saturated rings. The van der Waals surface area contributed by atoms with Crippen LogP contribution in [0.4, 0.5) is 11.4 Å².